The van der Waals surface area contributed by atoms with Gasteiger partial charge in [-0.25, -0.2) is 0 Å². The number of rotatable bonds is 2. The minimum Gasteiger partial charge on any atom is -0.351 e. The maximum absolute atomic E-state index is 12.1. The highest BCUT2D eigenvalue weighted by molar-refractivity contribution is 5.82. The average Bonchev–Trinajstić information content (AvgIpc) is 2.61. The number of nitrogens with zero attached hydrogens (tertiary/aromatic N) is 1. The molecule has 0 spiro atoms. The van der Waals surface area contributed by atoms with E-state index < -0.39 is 0 Å². The molecular weight excluding hydrogens is 228 g/mol. The second kappa shape index (κ2) is 4.90. The zero-order valence-electron chi connectivity index (χ0n) is 11.7. The molecule has 1 N–H and O–H groups in total. The lowest BCUT2D eigenvalue weighted by Crippen LogP contribution is -2.44. The predicted octanol–water partition coefficient (Wildman–Crippen LogP) is 1.55. The minimum atomic E-state index is -0.356. The van der Waals surface area contributed by atoms with Crippen molar-refractivity contribution in [3.05, 3.63) is 0 Å². The van der Waals surface area contributed by atoms with Crippen LogP contribution in [0.15, 0.2) is 0 Å². The number of amides is 2. The molecule has 1 saturated carbocycles. The van der Waals surface area contributed by atoms with E-state index in [1.165, 1.54) is 6.42 Å². The Morgan fingerprint density at radius 3 is 2.33 bits per heavy atom. The van der Waals surface area contributed by atoms with E-state index in [0.717, 1.165) is 25.8 Å². The van der Waals surface area contributed by atoms with Gasteiger partial charge in [-0.15, -0.1) is 0 Å². The molecule has 1 saturated heterocycles. The summed E-state index contributed by atoms with van der Waals surface area (Å²) in [6.07, 6.45) is 4.18. The van der Waals surface area contributed by atoms with Crippen molar-refractivity contribution < 1.29 is 9.59 Å². The third kappa shape index (κ3) is 2.85. The van der Waals surface area contributed by atoms with Crippen molar-refractivity contribution >= 4 is 11.8 Å². The molecule has 2 aliphatic rings. The van der Waals surface area contributed by atoms with Crippen molar-refractivity contribution in [3.8, 4) is 0 Å². The van der Waals surface area contributed by atoms with Crippen LogP contribution in [0.25, 0.3) is 0 Å². The van der Waals surface area contributed by atoms with Crippen molar-refractivity contribution in [2.45, 2.75) is 52.5 Å². The molecule has 0 radical (unpaired) electrons. The summed E-state index contributed by atoms with van der Waals surface area (Å²) in [5.41, 5.74) is -0.356. The van der Waals surface area contributed by atoms with Gasteiger partial charge in [-0.2, -0.15) is 0 Å². The van der Waals surface area contributed by atoms with E-state index in [1.807, 2.05) is 25.7 Å². The van der Waals surface area contributed by atoms with Crippen LogP contribution in [0.3, 0.4) is 0 Å². The molecule has 4 heteroatoms. The first kappa shape index (κ1) is 13.4. The highest BCUT2D eigenvalue weighted by Gasteiger charge is 2.35. The molecule has 1 atom stereocenters. The van der Waals surface area contributed by atoms with Crippen molar-refractivity contribution in [3.63, 3.8) is 0 Å². The maximum atomic E-state index is 12.1. The van der Waals surface area contributed by atoms with Crippen LogP contribution in [0.4, 0.5) is 0 Å². The molecular formula is C14H24N2O2. The predicted molar refractivity (Wildman–Crippen MR) is 69.9 cm³/mol. The SMILES string of the molecule is CC(C)(C)C(=O)N[C@H]1CCN(C(=O)C2CCC2)C1. The van der Waals surface area contributed by atoms with Gasteiger partial charge in [0.15, 0.2) is 0 Å². The Labute approximate surface area is 109 Å². The van der Waals surface area contributed by atoms with Crippen LogP contribution in [-0.2, 0) is 9.59 Å². The van der Waals surface area contributed by atoms with E-state index in [0.29, 0.717) is 12.5 Å². The first-order valence-electron chi connectivity index (χ1n) is 6.97. The van der Waals surface area contributed by atoms with Gasteiger partial charge in [0.2, 0.25) is 11.8 Å². The molecule has 102 valence electrons. The van der Waals surface area contributed by atoms with Gasteiger partial charge in [0.1, 0.15) is 0 Å². The fraction of sp³-hybridized carbons (Fsp3) is 0.857. The highest BCUT2D eigenvalue weighted by Crippen LogP contribution is 2.29. The Morgan fingerprint density at radius 2 is 1.83 bits per heavy atom. The molecule has 1 aliphatic carbocycles. The summed E-state index contributed by atoms with van der Waals surface area (Å²) in [7, 11) is 0. The van der Waals surface area contributed by atoms with E-state index in [1.54, 1.807) is 0 Å². The summed E-state index contributed by atoms with van der Waals surface area (Å²) in [5.74, 6) is 0.640. The monoisotopic (exact) mass is 252 g/mol. The molecule has 2 fully saturated rings. The summed E-state index contributed by atoms with van der Waals surface area (Å²) in [6.45, 7) is 7.22. The largest absolute Gasteiger partial charge is 0.351 e. The first-order chi connectivity index (χ1) is 8.38. The molecule has 1 aliphatic heterocycles. The van der Waals surface area contributed by atoms with Crippen molar-refractivity contribution in [1.82, 2.24) is 10.2 Å². The standard InChI is InChI=1S/C14H24N2O2/c1-14(2,3)13(18)15-11-7-8-16(9-11)12(17)10-5-4-6-10/h10-11H,4-9H2,1-3H3,(H,15,18)/t11-/m0/s1. The van der Waals surface area contributed by atoms with E-state index in [-0.39, 0.29) is 23.3 Å². The van der Waals surface area contributed by atoms with Gasteiger partial charge in [-0.1, -0.05) is 27.2 Å². The Hall–Kier alpha value is -1.06. The topological polar surface area (TPSA) is 49.4 Å². The lowest BCUT2D eigenvalue weighted by atomic mass is 9.84. The molecule has 4 nitrogen and oxygen atoms in total. The highest BCUT2D eigenvalue weighted by atomic mass is 16.2. The number of carbonyl (C=O) groups excluding carboxylic acids is 2. The maximum Gasteiger partial charge on any atom is 0.225 e. The second-order valence-corrected chi connectivity index (χ2v) is 6.62. The van der Waals surface area contributed by atoms with Crippen LogP contribution < -0.4 is 5.32 Å². The molecule has 0 aromatic carbocycles. The normalized spacial score (nSPS) is 24.8. The number of carbonyl (C=O) groups is 2. The van der Waals surface area contributed by atoms with Gasteiger partial charge in [0, 0.05) is 30.5 Å². The lowest BCUT2D eigenvalue weighted by Gasteiger charge is -2.29. The fourth-order valence-corrected chi connectivity index (χ4v) is 2.39. The van der Waals surface area contributed by atoms with E-state index in [9.17, 15) is 9.59 Å². The molecule has 1 heterocycles. The summed E-state index contributed by atoms with van der Waals surface area (Å²) >= 11 is 0. The first-order valence-corrected chi connectivity index (χ1v) is 6.97. The third-order valence-electron chi connectivity index (χ3n) is 3.97. The van der Waals surface area contributed by atoms with Crippen LogP contribution in [0.5, 0.6) is 0 Å². The smallest absolute Gasteiger partial charge is 0.225 e. The third-order valence-corrected chi connectivity index (χ3v) is 3.97. The van der Waals surface area contributed by atoms with Gasteiger partial charge >= 0.3 is 0 Å². The zero-order valence-corrected chi connectivity index (χ0v) is 11.7. The van der Waals surface area contributed by atoms with Gasteiger partial charge < -0.3 is 10.2 Å². The van der Waals surface area contributed by atoms with E-state index >= 15 is 0 Å². The van der Waals surface area contributed by atoms with Crippen LogP contribution in [-0.4, -0.2) is 35.8 Å². The minimum absolute atomic E-state index is 0.0745. The molecule has 0 bridgehead atoms. The van der Waals surface area contributed by atoms with Gasteiger partial charge in [-0.3, -0.25) is 9.59 Å². The van der Waals surface area contributed by atoms with Crippen LogP contribution >= 0.6 is 0 Å². The Kier molecular flexibility index (Phi) is 3.64. The zero-order chi connectivity index (χ0) is 13.3. The number of likely N-dealkylation sites (tertiary alicyclic amines) is 1. The number of hydrogen-bond donors (Lipinski definition) is 1. The Balaban J connectivity index is 1.81. The fourth-order valence-electron chi connectivity index (χ4n) is 2.39. The Bertz CT molecular complexity index is 342. The molecule has 0 aromatic rings. The quantitative estimate of drug-likeness (QED) is 0.810. The van der Waals surface area contributed by atoms with Crippen LogP contribution in [0.2, 0.25) is 0 Å². The summed E-state index contributed by atoms with van der Waals surface area (Å²) < 4.78 is 0. The Morgan fingerprint density at radius 1 is 1.17 bits per heavy atom. The van der Waals surface area contributed by atoms with Crippen molar-refractivity contribution in [2.24, 2.45) is 11.3 Å². The van der Waals surface area contributed by atoms with Gasteiger partial charge in [-0.05, 0) is 19.3 Å². The van der Waals surface area contributed by atoms with E-state index in [2.05, 4.69) is 5.32 Å². The van der Waals surface area contributed by atoms with Gasteiger partial charge in [0.25, 0.3) is 0 Å². The average molecular weight is 252 g/mol. The molecule has 0 unspecified atom stereocenters. The summed E-state index contributed by atoms with van der Waals surface area (Å²) in [6, 6.07) is 0.140. The molecule has 2 rings (SSSR count). The van der Waals surface area contributed by atoms with Crippen molar-refractivity contribution in [1.29, 1.82) is 0 Å². The molecule has 0 aromatic heterocycles. The molecule has 2 amide bonds. The second-order valence-electron chi connectivity index (χ2n) is 6.62. The summed E-state index contributed by atoms with van der Waals surface area (Å²) in [5, 5.41) is 3.05. The summed E-state index contributed by atoms with van der Waals surface area (Å²) in [4.78, 5) is 25.9. The van der Waals surface area contributed by atoms with Crippen LogP contribution in [0, 0.1) is 11.3 Å². The number of hydrogen-bond acceptors (Lipinski definition) is 2. The van der Waals surface area contributed by atoms with Crippen molar-refractivity contribution in [2.75, 3.05) is 13.1 Å². The lowest BCUT2D eigenvalue weighted by molar-refractivity contribution is -0.137. The van der Waals surface area contributed by atoms with Crippen LogP contribution in [0.1, 0.15) is 46.5 Å². The number of nitrogens with one attached hydrogen (secondary N) is 1. The van der Waals surface area contributed by atoms with E-state index in [4.69, 9.17) is 0 Å². The van der Waals surface area contributed by atoms with Gasteiger partial charge in [0.05, 0.1) is 0 Å². The molecule has 18 heavy (non-hydrogen) atoms.